The molecule has 3 aromatic rings. The fourth-order valence-electron chi connectivity index (χ4n) is 2.66. The van der Waals surface area contributed by atoms with Crippen LogP contribution in [0.3, 0.4) is 0 Å². The maximum atomic E-state index is 2.32. The van der Waals surface area contributed by atoms with Crippen molar-refractivity contribution in [2.75, 3.05) is 0 Å². The van der Waals surface area contributed by atoms with Gasteiger partial charge in [-0.05, 0) is 0 Å². The Bertz CT molecular complexity index is 629. The molecule has 0 saturated heterocycles. The molecular formula is C21H21Ge. The van der Waals surface area contributed by atoms with Crippen LogP contribution in [0.2, 0.25) is 0 Å². The van der Waals surface area contributed by atoms with Crippen LogP contribution in [0.15, 0.2) is 72.8 Å². The molecule has 0 bridgehead atoms. The predicted octanol–water partition coefficient (Wildman–Crippen LogP) is 3.13. The molecule has 0 fully saturated rings. The van der Waals surface area contributed by atoms with E-state index in [2.05, 4.69) is 93.6 Å². The summed E-state index contributed by atoms with van der Waals surface area (Å²) in [6.45, 7) is 6.46. The molecule has 0 aliphatic rings. The van der Waals surface area contributed by atoms with Crippen molar-refractivity contribution in [2.45, 2.75) is 20.8 Å². The van der Waals surface area contributed by atoms with E-state index >= 15 is 0 Å². The van der Waals surface area contributed by atoms with Crippen molar-refractivity contribution in [3.05, 3.63) is 89.5 Å². The molecule has 0 amide bonds. The second-order valence-electron chi connectivity index (χ2n) is 5.97. The van der Waals surface area contributed by atoms with Gasteiger partial charge in [0.15, 0.2) is 0 Å². The summed E-state index contributed by atoms with van der Waals surface area (Å²) < 4.78 is 4.54. The Morgan fingerprint density at radius 2 is 0.636 bits per heavy atom. The maximum absolute atomic E-state index is 2.32. The van der Waals surface area contributed by atoms with E-state index in [4.69, 9.17) is 0 Å². The van der Waals surface area contributed by atoms with Crippen LogP contribution in [0.25, 0.3) is 0 Å². The molecule has 0 aliphatic carbocycles. The molecular weight excluding hydrogens is 325 g/mol. The van der Waals surface area contributed by atoms with Crippen molar-refractivity contribution in [3.8, 4) is 0 Å². The summed E-state index contributed by atoms with van der Waals surface area (Å²) >= 11 is -1.70. The van der Waals surface area contributed by atoms with E-state index in [0.29, 0.717) is 0 Å². The van der Waals surface area contributed by atoms with Gasteiger partial charge in [-0.2, -0.15) is 0 Å². The molecule has 0 N–H and O–H groups in total. The first-order chi connectivity index (χ1) is 10.6. The Kier molecular flexibility index (Phi) is 4.49. The summed E-state index contributed by atoms with van der Waals surface area (Å²) in [5.74, 6) is 0. The Balaban J connectivity index is 2.10. The van der Waals surface area contributed by atoms with Crippen LogP contribution in [0.5, 0.6) is 0 Å². The summed E-state index contributed by atoms with van der Waals surface area (Å²) in [6.07, 6.45) is 0. The molecule has 0 aliphatic heterocycles. The number of hydrogen-bond donors (Lipinski definition) is 0. The molecule has 0 aromatic heterocycles. The third-order valence-electron chi connectivity index (χ3n) is 4.02. The number of rotatable bonds is 3. The Morgan fingerprint density at radius 1 is 0.409 bits per heavy atom. The Morgan fingerprint density at radius 3 is 0.864 bits per heavy atom. The Labute approximate surface area is 137 Å². The first-order valence-corrected chi connectivity index (χ1v) is 10.9. The third kappa shape index (κ3) is 3.33. The molecule has 0 spiro atoms. The molecule has 0 atom stereocenters. The van der Waals surface area contributed by atoms with Crippen LogP contribution < -0.4 is 13.2 Å². The molecule has 3 rings (SSSR count). The molecule has 0 nitrogen and oxygen atoms in total. The van der Waals surface area contributed by atoms with Crippen LogP contribution in [-0.2, 0) is 0 Å². The van der Waals surface area contributed by atoms with Crippen molar-refractivity contribution in [3.63, 3.8) is 0 Å². The van der Waals surface area contributed by atoms with Crippen LogP contribution >= 0.6 is 0 Å². The molecule has 1 radical (unpaired) electrons. The Hall–Kier alpha value is -1.80. The molecule has 109 valence electrons. The zero-order chi connectivity index (χ0) is 15.5. The summed E-state index contributed by atoms with van der Waals surface area (Å²) in [4.78, 5) is 0. The van der Waals surface area contributed by atoms with Crippen molar-refractivity contribution >= 4 is 27.5 Å². The average molecular weight is 346 g/mol. The summed E-state index contributed by atoms with van der Waals surface area (Å²) in [5.41, 5.74) is 3.98. The van der Waals surface area contributed by atoms with Gasteiger partial charge in [0, 0.05) is 0 Å². The van der Waals surface area contributed by atoms with Crippen LogP contribution in [0.1, 0.15) is 16.7 Å². The quantitative estimate of drug-likeness (QED) is 0.640. The molecule has 3 aromatic carbocycles. The van der Waals surface area contributed by atoms with Gasteiger partial charge in [-0.3, -0.25) is 0 Å². The zero-order valence-corrected chi connectivity index (χ0v) is 15.5. The summed E-state index contributed by atoms with van der Waals surface area (Å²) in [6, 6.07) is 27.4. The van der Waals surface area contributed by atoms with Crippen LogP contribution in [0, 0.1) is 20.8 Å². The normalized spacial score (nSPS) is 10.9. The third-order valence-corrected chi connectivity index (χ3v) is 9.75. The molecule has 1 heteroatoms. The molecule has 22 heavy (non-hydrogen) atoms. The van der Waals surface area contributed by atoms with Gasteiger partial charge in [0.2, 0.25) is 0 Å². The van der Waals surface area contributed by atoms with E-state index in [1.54, 1.807) is 0 Å². The van der Waals surface area contributed by atoms with Gasteiger partial charge >= 0.3 is 138 Å². The minimum atomic E-state index is -1.70. The molecule has 0 unspecified atom stereocenters. The van der Waals surface area contributed by atoms with E-state index in [9.17, 15) is 0 Å². The van der Waals surface area contributed by atoms with Crippen LogP contribution in [-0.4, -0.2) is 14.3 Å². The number of benzene rings is 3. The summed E-state index contributed by atoms with van der Waals surface area (Å²) in [5, 5.41) is 0. The number of aryl methyl sites for hydroxylation is 3. The zero-order valence-electron chi connectivity index (χ0n) is 13.4. The predicted molar refractivity (Wildman–Crippen MR) is 98.2 cm³/mol. The van der Waals surface area contributed by atoms with Gasteiger partial charge in [0.25, 0.3) is 0 Å². The molecule has 0 heterocycles. The summed E-state index contributed by atoms with van der Waals surface area (Å²) in [7, 11) is 0. The second-order valence-corrected chi connectivity index (χ2v) is 11.2. The minimum absolute atomic E-state index is 1.33. The average Bonchev–Trinajstić information content (AvgIpc) is 2.53. The standard InChI is InChI=1S/C21H21Ge/c1-16-4-10-19(11-5-16)22(20-12-6-17(2)7-13-20)21-14-8-18(3)9-15-21/h4-15H,1-3H3. The SMILES string of the molecule is Cc1cc[c]([Ge]([c]2ccc(C)cc2)[c]2ccc(C)cc2)cc1. The van der Waals surface area contributed by atoms with Gasteiger partial charge in [0.1, 0.15) is 0 Å². The number of hydrogen-bond acceptors (Lipinski definition) is 0. The van der Waals surface area contributed by atoms with Crippen molar-refractivity contribution in [2.24, 2.45) is 0 Å². The van der Waals surface area contributed by atoms with Gasteiger partial charge in [-0.25, -0.2) is 0 Å². The van der Waals surface area contributed by atoms with E-state index in [0.717, 1.165) is 0 Å². The van der Waals surface area contributed by atoms with Crippen molar-refractivity contribution in [1.29, 1.82) is 0 Å². The van der Waals surface area contributed by atoms with Gasteiger partial charge in [-0.15, -0.1) is 0 Å². The first-order valence-electron chi connectivity index (χ1n) is 7.71. The van der Waals surface area contributed by atoms with E-state index in [1.807, 2.05) is 0 Å². The van der Waals surface area contributed by atoms with Gasteiger partial charge in [0.05, 0.1) is 0 Å². The van der Waals surface area contributed by atoms with E-state index in [-0.39, 0.29) is 0 Å². The van der Waals surface area contributed by atoms with Crippen LogP contribution in [0.4, 0.5) is 0 Å². The van der Waals surface area contributed by atoms with Crippen molar-refractivity contribution in [1.82, 2.24) is 0 Å². The first kappa shape index (κ1) is 15.1. The fourth-order valence-corrected chi connectivity index (χ4v) is 7.91. The van der Waals surface area contributed by atoms with Crippen molar-refractivity contribution < 1.29 is 0 Å². The monoisotopic (exact) mass is 347 g/mol. The van der Waals surface area contributed by atoms with E-state index < -0.39 is 14.3 Å². The van der Waals surface area contributed by atoms with E-state index in [1.165, 1.54) is 29.9 Å². The van der Waals surface area contributed by atoms with Gasteiger partial charge < -0.3 is 0 Å². The second kappa shape index (κ2) is 6.54. The topological polar surface area (TPSA) is 0 Å². The molecule has 0 saturated carbocycles. The van der Waals surface area contributed by atoms with Gasteiger partial charge in [-0.1, -0.05) is 0 Å². The fraction of sp³-hybridized carbons (Fsp3) is 0.143.